The third kappa shape index (κ3) is 2.92. The zero-order chi connectivity index (χ0) is 16.3. The van der Waals surface area contributed by atoms with E-state index in [1.807, 2.05) is 12.1 Å². The van der Waals surface area contributed by atoms with Crippen molar-refractivity contribution in [1.29, 1.82) is 10.5 Å². The molecule has 22 heavy (non-hydrogen) atoms. The quantitative estimate of drug-likeness (QED) is 0.896. The van der Waals surface area contributed by atoms with Crippen LogP contribution in [0.3, 0.4) is 0 Å². The van der Waals surface area contributed by atoms with Crippen molar-refractivity contribution < 1.29 is 19.8 Å². The van der Waals surface area contributed by atoms with Gasteiger partial charge in [-0.05, 0) is 47.5 Å². The molecule has 0 aliphatic rings. The van der Waals surface area contributed by atoms with Crippen molar-refractivity contribution in [3.63, 3.8) is 0 Å². The number of carbonyl (C=O) groups is 2. The van der Waals surface area contributed by atoms with Gasteiger partial charge in [-0.2, -0.15) is 10.5 Å². The summed E-state index contributed by atoms with van der Waals surface area (Å²) in [7, 11) is 0. The Bertz CT molecular complexity index is 799. The van der Waals surface area contributed by atoms with Crippen LogP contribution < -0.4 is 0 Å². The molecule has 2 N–H and O–H groups in total. The summed E-state index contributed by atoms with van der Waals surface area (Å²) >= 11 is 0. The van der Waals surface area contributed by atoms with E-state index in [2.05, 4.69) is 0 Å². The predicted molar refractivity (Wildman–Crippen MR) is 75.2 cm³/mol. The standard InChI is InChI=1S/C16H8N2O4/c17-7-9-1-11(5-13(3-9)15(19)20)12-2-10(8-18)4-14(6-12)16(21)22/h1-6H,(H,19,20)(H,21,22). The summed E-state index contributed by atoms with van der Waals surface area (Å²) in [4.78, 5) is 22.2. The van der Waals surface area contributed by atoms with Gasteiger partial charge in [0.15, 0.2) is 0 Å². The molecule has 0 aliphatic carbocycles. The molecule has 0 fully saturated rings. The molecule has 0 heterocycles. The van der Waals surface area contributed by atoms with E-state index in [0.717, 1.165) is 0 Å². The average molecular weight is 292 g/mol. The van der Waals surface area contributed by atoms with Crippen molar-refractivity contribution >= 4 is 11.9 Å². The van der Waals surface area contributed by atoms with Crippen molar-refractivity contribution in [2.45, 2.75) is 0 Å². The summed E-state index contributed by atoms with van der Waals surface area (Å²) in [6, 6.07) is 11.7. The fraction of sp³-hybridized carbons (Fsp3) is 0. The average Bonchev–Trinajstić information content (AvgIpc) is 2.53. The molecule has 2 rings (SSSR count). The molecule has 0 unspecified atom stereocenters. The molecular formula is C16H8N2O4. The second kappa shape index (κ2) is 5.78. The summed E-state index contributed by atoms with van der Waals surface area (Å²) in [5, 5.41) is 36.1. The van der Waals surface area contributed by atoms with Gasteiger partial charge in [-0.15, -0.1) is 0 Å². The first-order chi connectivity index (χ1) is 10.4. The molecule has 0 aliphatic heterocycles. The highest BCUT2D eigenvalue weighted by Crippen LogP contribution is 2.25. The van der Waals surface area contributed by atoms with Crippen LogP contribution in [0.4, 0.5) is 0 Å². The number of carboxylic acid groups (broad SMARTS) is 2. The fourth-order valence-corrected chi connectivity index (χ4v) is 1.96. The molecule has 2 aromatic carbocycles. The van der Waals surface area contributed by atoms with Crippen LogP contribution in [0.5, 0.6) is 0 Å². The van der Waals surface area contributed by atoms with Gasteiger partial charge >= 0.3 is 11.9 Å². The van der Waals surface area contributed by atoms with Gasteiger partial charge in [0.1, 0.15) is 0 Å². The molecule has 0 aromatic heterocycles. The molecule has 6 nitrogen and oxygen atoms in total. The zero-order valence-electron chi connectivity index (χ0n) is 11.1. The van der Waals surface area contributed by atoms with Gasteiger partial charge in [0.05, 0.1) is 34.4 Å². The maximum absolute atomic E-state index is 11.1. The number of nitriles is 2. The number of carboxylic acids is 2. The lowest BCUT2D eigenvalue weighted by atomic mass is 9.97. The molecule has 0 spiro atoms. The Morgan fingerprint density at radius 1 is 0.727 bits per heavy atom. The lowest BCUT2D eigenvalue weighted by Gasteiger charge is -2.07. The second-order valence-corrected chi connectivity index (χ2v) is 4.43. The first-order valence-electron chi connectivity index (χ1n) is 6.02. The van der Waals surface area contributed by atoms with E-state index >= 15 is 0 Å². The van der Waals surface area contributed by atoms with Gasteiger partial charge in [0, 0.05) is 0 Å². The second-order valence-electron chi connectivity index (χ2n) is 4.43. The number of hydrogen-bond acceptors (Lipinski definition) is 4. The summed E-state index contributed by atoms with van der Waals surface area (Å²) < 4.78 is 0. The topological polar surface area (TPSA) is 122 Å². The lowest BCUT2D eigenvalue weighted by molar-refractivity contribution is 0.0686. The van der Waals surface area contributed by atoms with Crippen LogP contribution >= 0.6 is 0 Å². The minimum Gasteiger partial charge on any atom is -0.478 e. The van der Waals surface area contributed by atoms with E-state index in [1.165, 1.54) is 36.4 Å². The van der Waals surface area contributed by atoms with Gasteiger partial charge in [-0.3, -0.25) is 0 Å². The zero-order valence-corrected chi connectivity index (χ0v) is 11.1. The Balaban J connectivity index is 2.71. The number of hydrogen-bond donors (Lipinski definition) is 2. The van der Waals surface area contributed by atoms with Crippen LogP contribution in [-0.2, 0) is 0 Å². The van der Waals surface area contributed by atoms with Crippen LogP contribution in [0.25, 0.3) is 11.1 Å². The largest absolute Gasteiger partial charge is 0.478 e. The van der Waals surface area contributed by atoms with Crippen LogP contribution in [0.1, 0.15) is 31.8 Å². The summed E-state index contributed by atoms with van der Waals surface area (Å²) in [6.07, 6.45) is 0. The maximum atomic E-state index is 11.1. The lowest BCUT2D eigenvalue weighted by Crippen LogP contribution is -2.00. The van der Waals surface area contributed by atoms with Crippen molar-refractivity contribution in [2.75, 3.05) is 0 Å². The number of nitrogens with zero attached hydrogens (tertiary/aromatic N) is 2. The van der Waals surface area contributed by atoms with Crippen LogP contribution in [0, 0.1) is 22.7 Å². The number of rotatable bonds is 3. The van der Waals surface area contributed by atoms with Crippen molar-refractivity contribution in [3.8, 4) is 23.3 Å². The molecule has 0 bridgehead atoms. The monoisotopic (exact) mass is 292 g/mol. The van der Waals surface area contributed by atoms with Gasteiger partial charge in [-0.1, -0.05) is 0 Å². The highest BCUT2D eigenvalue weighted by molar-refractivity contribution is 5.92. The molecule has 0 saturated heterocycles. The fourth-order valence-electron chi connectivity index (χ4n) is 1.96. The van der Waals surface area contributed by atoms with Crippen molar-refractivity contribution in [2.24, 2.45) is 0 Å². The van der Waals surface area contributed by atoms with E-state index in [4.69, 9.17) is 20.7 Å². The van der Waals surface area contributed by atoms with E-state index in [-0.39, 0.29) is 22.3 Å². The smallest absolute Gasteiger partial charge is 0.335 e. The first-order valence-corrected chi connectivity index (χ1v) is 6.02. The Labute approximate surface area is 125 Å². The van der Waals surface area contributed by atoms with Crippen molar-refractivity contribution in [3.05, 3.63) is 58.7 Å². The number of aromatic carboxylic acids is 2. The Hall–Kier alpha value is -3.64. The summed E-state index contributed by atoms with van der Waals surface area (Å²) in [6.45, 7) is 0. The van der Waals surface area contributed by atoms with Gasteiger partial charge in [0.25, 0.3) is 0 Å². The van der Waals surface area contributed by atoms with Crippen molar-refractivity contribution in [1.82, 2.24) is 0 Å². The highest BCUT2D eigenvalue weighted by atomic mass is 16.4. The minimum absolute atomic E-state index is 0.0896. The Kier molecular flexibility index (Phi) is 3.88. The third-order valence-electron chi connectivity index (χ3n) is 2.95. The van der Waals surface area contributed by atoms with E-state index < -0.39 is 11.9 Å². The molecule has 0 radical (unpaired) electrons. The SMILES string of the molecule is N#Cc1cc(C(=O)O)cc(-c2cc(C#N)cc(C(=O)O)c2)c1. The normalized spacial score (nSPS) is 9.55. The highest BCUT2D eigenvalue weighted by Gasteiger charge is 2.12. The third-order valence-corrected chi connectivity index (χ3v) is 2.95. The maximum Gasteiger partial charge on any atom is 0.335 e. The molecular weight excluding hydrogens is 284 g/mol. The molecule has 2 aromatic rings. The van der Waals surface area contributed by atoms with E-state index in [0.29, 0.717) is 11.1 Å². The number of benzene rings is 2. The molecule has 0 atom stereocenters. The van der Waals surface area contributed by atoms with Gasteiger partial charge < -0.3 is 10.2 Å². The predicted octanol–water partition coefficient (Wildman–Crippen LogP) is 2.49. The molecule has 0 amide bonds. The minimum atomic E-state index is -1.20. The summed E-state index contributed by atoms with van der Waals surface area (Å²) in [5.74, 6) is -2.40. The first kappa shape index (κ1) is 14.8. The van der Waals surface area contributed by atoms with E-state index in [1.54, 1.807) is 0 Å². The molecule has 106 valence electrons. The van der Waals surface area contributed by atoms with E-state index in [9.17, 15) is 9.59 Å². The Morgan fingerprint density at radius 3 is 1.36 bits per heavy atom. The van der Waals surface area contributed by atoms with Crippen LogP contribution in [0.15, 0.2) is 36.4 Å². The van der Waals surface area contributed by atoms with Gasteiger partial charge in [-0.25, -0.2) is 9.59 Å². The Morgan fingerprint density at radius 2 is 1.09 bits per heavy atom. The van der Waals surface area contributed by atoms with Gasteiger partial charge in [0.2, 0.25) is 0 Å². The van der Waals surface area contributed by atoms with Crippen LogP contribution in [-0.4, -0.2) is 22.2 Å². The molecule has 0 saturated carbocycles. The summed E-state index contributed by atoms with van der Waals surface area (Å²) in [5.41, 5.74) is 0.803. The van der Waals surface area contributed by atoms with Crippen LogP contribution in [0.2, 0.25) is 0 Å². The molecule has 6 heteroatoms.